The molecule has 6 nitrogen and oxygen atoms in total. The van der Waals surface area contributed by atoms with Crippen LogP contribution in [0.1, 0.15) is 131 Å². The maximum Gasteiger partial charge on any atom is 0.212 e. The van der Waals surface area contributed by atoms with E-state index in [1.807, 2.05) is 10.9 Å². The van der Waals surface area contributed by atoms with Gasteiger partial charge in [0, 0.05) is 34.1 Å². The molecule has 0 aliphatic carbocycles. The fourth-order valence-electron chi connectivity index (χ4n) is 8.20. The Morgan fingerprint density at radius 3 is 1.74 bits per heavy atom. The number of rotatable bonds is 7. The molecule has 0 saturated carbocycles. The van der Waals surface area contributed by atoms with Crippen LogP contribution in [0.5, 0.6) is 11.5 Å². The van der Waals surface area contributed by atoms with Crippen LogP contribution >= 0.6 is 0 Å². The Bertz CT molecular complexity index is 2900. The Kier molecular flexibility index (Phi) is 10.4. The highest BCUT2D eigenvalue weighted by molar-refractivity contribution is 6.09. The highest BCUT2D eigenvalue weighted by Crippen LogP contribution is 2.38. The summed E-state index contributed by atoms with van der Waals surface area (Å²) in [4.78, 5) is 4.90. The predicted octanol–water partition coefficient (Wildman–Crippen LogP) is 13.7. The average Bonchev–Trinajstić information content (AvgIpc) is 3.81. The lowest BCUT2D eigenvalue weighted by atomic mass is 9.80. The molecule has 8 rings (SSSR count). The van der Waals surface area contributed by atoms with Gasteiger partial charge in [-0.3, -0.25) is 4.57 Å². The van der Waals surface area contributed by atoms with Crippen molar-refractivity contribution >= 4 is 21.8 Å². The lowest BCUT2D eigenvalue weighted by Gasteiger charge is -2.28. The molecule has 0 fully saturated rings. The first-order chi connectivity index (χ1) is 29.0. The molecule has 0 spiro atoms. The van der Waals surface area contributed by atoms with Crippen molar-refractivity contribution < 1.29 is 9.30 Å². The van der Waals surface area contributed by atoms with Crippen molar-refractivity contribution in [3.63, 3.8) is 0 Å². The van der Waals surface area contributed by atoms with Crippen LogP contribution < -0.4 is 9.30 Å². The van der Waals surface area contributed by atoms with Crippen LogP contribution in [0.2, 0.25) is 0 Å². The third-order valence-electron chi connectivity index (χ3n) is 12.3. The zero-order chi connectivity index (χ0) is 44.6. The highest BCUT2D eigenvalue weighted by Gasteiger charge is 2.33. The van der Waals surface area contributed by atoms with Gasteiger partial charge in [0.25, 0.3) is 0 Å². The van der Waals surface area contributed by atoms with Gasteiger partial charge in [-0.2, -0.15) is 4.68 Å². The monoisotopic (exact) mass is 822 g/mol. The lowest BCUT2D eigenvalue weighted by Crippen LogP contribution is -2.41. The molecule has 0 saturated heterocycles. The Hall–Kier alpha value is -6.01. The van der Waals surface area contributed by atoms with Gasteiger partial charge in [-0.15, -0.1) is 0 Å². The first-order valence-corrected chi connectivity index (χ1v) is 22.0. The van der Waals surface area contributed by atoms with Gasteiger partial charge in [0.1, 0.15) is 17.3 Å². The third-order valence-corrected chi connectivity index (χ3v) is 12.3. The quantitative estimate of drug-likeness (QED) is 0.119. The summed E-state index contributed by atoms with van der Waals surface area (Å²) >= 11 is 0. The van der Waals surface area contributed by atoms with Gasteiger partial charge in [0.15, 0.2) is 0 Å². The van der Waals surface area contributed by atoms with Crippen molar-refractivity contribution in [3.8, 4) is 28.7 Å². The molecule has 0 unspecified atom stereocenters. The van der Waals surface area contributed by atoms with Gasteiger partial charge in [0.05, 0.1) is 16.7 Å². The van der Waals surface area contributed by atoms with Crippen LogP contribution in [-0.2, 0) is 27.1 Å². The number of nitrogens with zero attached hydrogens (tertiary/aromatic N) is 5. The molecule has 318 valence electrons. The van der Waals surface area contributed by atoms with Crippen LogP contribution in [0.25, 0.3) is 39.0 Å². The maximum absolute atomic E-state index is 6.92. The zero-order valence-electron chi connectivity index (χ0n) is 39.3. The van der Waals surface area contributed by atoms with E-state index >= 15 is 0 Å². The summed E-state index contributed by atoms with van der Waals surface area (Å²) in [5.74, 6) is 3.24. The Balaban J connectivity index is 1.29. The largest absolute Gasteiger partial charge is 0.458 e. The number of ether oxygens (including phenoxy) is 1. The molecule has 0 bridgehead atoms. The zero-order valence-corrected chi connectivity index (χ0v) is 39.3. The van der Waals surface area contributed by atoms with Crippen LogP contribution in [0.3, 0.4) is 0 Å². The highest BCUT2D eigenvalue weighted by atomic mass is 16.5. The van der Waals surface area contributed by atoms with Crippen LogP contribution in [0.4, 0.5) is 0 Å². The van der Waals surface area contributed by atoms with E-state index in [1.54, 1.807) is 0 Å². The molecule has 6 heteroatoms. The summed E-state index contributed by atoms with van der Waals surface area (Å²) in [6.07, 6.45) is 5.67. The second kappa shape index (κ2) is 15.1. The smallest absolute Gasteiger partial charge is 0.212 e. The molecule has 8 aromatic rings. The Morgan fingerprint density at radius 1 is 0.500 bits per heavy atom. The Labute approximate surface area is 369 Å². The second-order valence-corrected chi connectivity index (χ2v) is 21.7. The summed E-state index contributed by atoms with van der Waals surface area (Å²) in [6, 6.07) is 43.4. The summed E-state index contributed by atoms with van der Waals surface area (Å²) in [7, 11) is 0. The van der Waals surface area contributed by atoms with Crippen molar-refractivity contribution in [2.24, 2.45) is 0 Å². The molecule has 0 radical (unpaired) electrons. The van der Waals surface area contributed by atoms with Crippen molar-refractivity contribution in [1.82, 2.24) is 19.3 Å². The first kappa shape index (κ1) is 42.7. The number of benzene rings is 5. The topological polar surface area (TPSA) is 48.8 Å². The Morgan fingerprint density at radius 2 is 1.10 bits per heavy atom. The fraction of sp³-hybridized carbons (Fsp3) is 0.339. The SMILES string of the molecule is CC(C)(C)c1cc(Oc2ccc3c4ccccc4n(-c4cc(C(C)(C)C)ccn4)c3c2)cc(-n2[c-][n+](-c3cc(C(C)(C)C)cc(C(C)(C)C)c3)c(C(C)(C)c3ccccc3)n2)c1. The molecule has 62 heavy (non-hydrogen) atoms. The van der Waals surface area contributed by atoms with Crippen LogP contribution in [0.15, 0.2) is 128 Å². The minimum absolute atomic E-state index is 0.0182. The normalized spacial score (nSPS) is 13.0. The minimum atomic E-state index is -0.460. The van der Waals surface area contributed by atoms with E-state index < -0.39 is 5.41 Å². The average molecular weight is 822 g/mol. The van der Waals surface area contributed by atoms with E-state index in [0.29, 0.717) is 0 Å². The number of pyridine rings is 1. The van der Waals surface area contributed by atoms with Crippen LogP contribution in [0, 0.1) is 6.33 Å². The van der Waals surface area contributed by atoms with Gasteiger partial charge in [0.2, 0.25) is 12.2 Å². The molecule has 5 aromatic carbocycles. The summed E-state index contributed by atoms with van der Waals surface area (Å²) in [5, 5.41) is 7.77. The summed E-state index contributed by atoms with van der Waals surface area (Å²) < 4.78 is 13.3. The van der Waals surface area contributed by atoms with E-state index in [1.165, 1.54) is 27.6 Å². The number of hydrogen-bond acceptors (Lipinski definition) is 3. The van der Waals surface area contributed by atoms with Gasteiger partial charge in [-0.05, 0) is 97.0 Å². The molecule has 0 N–H and O–H groups in total. The molecule has 0 aliphatic heterocycles. The second-order valence-electron chi connectivity index (χ2n) is 21.7. The molecule has 0 atom stereocenters. The van der Waals surface area contributed by atoms with Crippen LogP contribution in [-0.4, -0.2) is 19.3 Å². The van der Waals surface area contributed by atoms with E-state index in [2.05, 4.69) is 234 Å². The van der Waals surface area contributed by atoms with Gasteiger partial charge in [-0.25, -0.2) is 4.98 Å². The third kappa shape index (κ3) is 8.20. The van der Waals surface area contributed by atoms with Gasteiger partial charge < -0.3 is 9.30 Å². The van der Waals surface area contributed by atoms with Crippen molar-refractivity contribution in [3.05, 3.63) is 167 Å². The number of aromatic nitrogens is 5. The van der Waals surface area contributed by atoms with E-state index in [0.717, 1.165) is 56.5 Å². The van der Waals surface area contributed by atoms with Gasteiger partial charge in [-0.1, -0.05) is 170 Å². The minimum Gasteiger partial charge on any atom is -0.458 e. The molecule has 3 heterocycles. The maximum atomic E-state index is 6.92. The molecule has 3 aromatic heterocycles. The van der Waals surface area contributed by atoms with E-state index in [4.69, 9.17) is 14.8 Å². The van der Waals surface area contributed by atoms with E-state index in [-0.39, 0.29) is 21.7 Å². The predicted molar refractivity (Wildman–Crippen MR) is 256 cm³/mol. The molecule has 0 aliphatic rings. The van der Waals surface area contributed by atoms with Crippen molar-refractivity contribution in [2.45, 2.75) is 124 Å². The number of para-hydroxylation sites is 1. The molecule has 0 amide bonds. The number of fused-ring (bicyclic) bond motifs is 3. The van der Waals surface area contributed by atoms with E-state index in [9.17, 15) is 0 Å². The van der Waals surface area contributed by atoms with Crippen molar-refractivity contribution in [1.29, 1.82) is 0 Å². The van der Waals surface area contributed by atoms with Crippen molar-refractivity contribution in [2.75, 3.05) is 0 Å². The fourth-order valence-corrected chi connectivity index (χ4v) is 8.20. The standard InChI is InChI=1S/C56H63N5O/c1-52(2,3)38-26-27-57-50(33-38)61-48-23-19-18-22-46(48)47-25-24-44(35-49(47)61)62-45-32-41(55(10,11)12)31-43(34-45)60-36-59(51(58-60)56(13,14)37-20-16-15-17-21-37)42-29-39(53(4,5)6)28-40(30-42)54(7,8)9/h15-35H,1-14H3. The lowest BCUT2D eigenvalue weighted by molar-refractivity contribution is -0.612. The summed E-state index contributed by atoms with van der Waals surface area (Å²) in [6.45, 7) is 31.6. The van der Waals surface area contributed by atoms with Gasteiger partial charge >= 0.3 is 0 Å². The summed E-state index contributed by atoms with van der Waals surface area (Å²) in [5.41, 5.74) is 9.39. The molecular formula is C56H63N5O. The molecular weight excluding hydrogens is 759 g/mol. The number of hydrogen-bond donors (Lipinski definition) is 0. The first-order valence-electron chi connectivity index (χ1n) is 22.0.